The highest BCUT2D eigenvalue weighted by atomic mass is 19.3. The summed E-state index contributed by atoms with van der Waals surface area (Å²) in [5.41, 5.74) is 0.501. The summed E-state index contributed by atoms with van der Waals surface area (Å²) < 4.78 is 109. The number of hydrogen-bond acceptors (Lipinski definition) is 6. The predicted molar refractivity (Wildman–Crippen MR) is 128 cm³/mol. The molecule has 0 unspecified atom stereocenters. The van der Waals surface area contributed by atoms with E-state index in [-0.39, 0.29) is 35.6 Å². The molecule has 5 rings (SSSR count). The Morgan fingerprint density at radius 3 is 2.92 bits per heavy atom. The molecule has 0 saturated carbocycles. The van der Waals surface area contributed by atoms with Crippen molar-refractivity contribution in [3.05, 3.63) is 36.0 Å². The predicted octanol–water partition coefficient (Wildman–Crippen LogP) is 3.84. The van der Waals surface area contributed by atoms with Gasteiger partial charge in [0.05, 0.1) is 53.1 Å². The summed E-state index contributed by atoms with van der Waals surface area (Å²) in [6, 6.07) is 3.42. The van der Waals surface area contributed by atoms with E-state index in [9.17, 15) is 13.6 Å². The average molecular weight is 526 g/mol. The summed E-state index contributed by atoms with van der Waals surface area (Å²) in [7, 11) is -3.04. The van der Waals surface area contributed by atoms with Gasteiger partial charge in [-0.25, -0.2) is 27.1 Å². The number of halogens is 4. The number of aryl methyl sites for hydroxylation is 1. The Hall–Kier alpha value is -3.90. The number of rotatable bonds is 6. The maximum Gasteiger partial charge on any atom is 0.256 e. The van der Waals surface area contributed by atoms with Gasteiger partial charge in [-0.15, -0.1) is 5.10 Å². The molecular formula is C24H25F4N7O2. The van der Waals surface area contributed by atoms with Crippen molar-refractivity contribution in [3.63, 3.8) is 0 Å². The molecule has 1 saturated heterocycles. The van der Waals surface area contributed by atoms with E-state index in [4.69, 9.17) is 13.0 Å². The average Bonchev–Trinajstić information content (AvgIpc) is 3.38. The zero-order chi connectivity index (χ0) is 31.4. The number of carbonyl (C=O) groups excluding carboxylic acids is 1. The molecule has 1 amide bonds. The quantitative estimate of drug-likeness (QED) is 0.385. The van der Waals surface area contributed by atoms with Crippen LogP contribution in [-0.2, 0) is 11.3 Å². The lowest BCUT2D eigenvalue weighted by Gasteiger charge is -2.34. The van der Waals surface area contributed by atoms with Gasteiger partial charge in [-0.3, -0.25) is 4.79 Å². The summed E-state index contributed by atoms with van der Waals surface area (Å²) in [4.78, 5) is 21.3. The minimum atomic E-state index is -3.04. The molecule has 1 fully saturated rings. The number of nitrogens with one attached hydrogen (secondary N) is 1. The van der Waals surface area contributed by atoms with E-state index >= 15 is 8.78 Å². The van der Waals surface area contributed by atoms with Crippen molar-refractivity contribution in [3.8, 4) is 17.0 Å². The Balaban J connectivity index is 1.53. The van der Waals surface area contributed by atoms with Crippen molar-refractivity contribution < 1.29 is 35.3 Å². The second-order valence-electron chi connectivity index (χ2n) is 8.66. The number of anilines is 1. The summed E-state index contributed by atoms with van der Waals surface area (Å²) >= 11 is 0. The molecule has 4 heterocycles. The van der Waals surface area contributed by atoms with Gasteiger partial charge in [0.15, 0.2) is 5.82 Å². The molecule has 13 heteroatoms. The van der Waals surface area contributed by atoms with E-state index in [2.05, 4.69) is 20.4 Å². The first-order chi connectivity index (χ1) is 20.0. The van der Waals surface area contributed by atoms with Crippen LogP contribution in [0.2, 0.25) is 0 Å². The van der Waals surface area contributed by atoms with Gasteiger partial charge in [-0.2, -0.15) is 4.98 Å². The standard InChI is InChI=1S/C24H25F4N7O2/c1-12-29-18-5-4-14(8-19(18)34(12)11-20(27)28)21-16(26)10-35-22(21)23(37-3)31-24(32-35)30-17-6-7-33(13(2)36)9-15(17)25/h4-5,8,10,15,17,20H,6-7,9,11H2,1-3H3,(H,30,32)/t15-,17+/m1/s1/i2D3,3D3. The highest BCUT2D eigenvalue weighted by Gasteiger charge is 2.31. The Kier molecular flexibility index (Phi) is 4.73. The van der Waals surface area contributed by atoms with Gasteiger partial charge >= 0.3 is 0 Å². The van der Waals surface area contributed by atoms with E-state index in [1.807, 2.05) is 0 Å². The summed E-state index contributed by atoms with van der Waals surface area (Å²) in [5.74, 6) is -2.62. The first-order valence-corrected chi connectivity index (χ1v) is 11.2. The normalized spacial score (nSPS) is 21.3. The van der Waals surface area contributed by atoms with E-state index in [1.54, 1.807) is 6.92 Å². The van der Waals surface area contributed by atoms with Crippen LogP contribution in [0.3, 0.4) is 0 Å². The monoisotopic (exact) mass is 525 g/mol. The van der Waals surface area contributed by atoms with Crippen LogP contribution in [0, 0.1) is 12.7 Å². The second kappa shape index (κ2) is 9.52. The third-order valence-electron chi connectivity index (χ3n) is 6.34. The van der Waals surface area contributed by atoms with Crippen molar-refractivity contribution in [1.29, 1.82) is 0 Å². The Bertz CT molecular complexity index is 1690. The Morgan fingerprint density at radius 2 is 2.19 bits per heavy atom. The van der Waals surface area contributed by atoms with Crippen molar-refractivity contribution in [2.24, 2.45) is 0 Å². The van der Waals surface area contributed by atoms with Gasteiger partial charge < -0.3 is 19.5 Å². The van der Waals surface area contributed by atoms with Crippen LogP contribution in [0.1, 0.15) is 27.3 Å². The minimum absolute atomic E-state index is 0.0309. The smallest absolute Gasteiger partial charge is 0.256 e. The number of benzene rings is 1. The topological polar surface area (TPSA) is 89.6 Å². The molecule has 0 aliphatic carbocycles. The Labute approximate surface area is 217 Å². The van der Waals surface area contributed by atoms with Gasteiger partial charge in [0, 0.05) is 17.5 Å². The molecule has 37 heavy (non-hydrogen) atoms. The third-order valence-corrected chi connectivity index (χ3v) is 6.34. The number of carbonyl (C=O) groups is 1. The number of alkyl halides is 3. The summed E-state index contributed by atoms with van der Waals surface area (Å²) in [6.07, 6.45) is -3.52. The molecule has 1 aliphatic rings. The molecule has 1 N–H and O–H groups in total. The van der Waals surface area contributed by atoms with Gasteiger partial charge in [0.25, 0.3) is 6.43 Å². The fourth-order valence-electron chi connectivity index (χ4n) is 4.61. The first-order valence-electron chi connectivity index (χ1n) is 14.2. The molecule has 4 aromatic rings. The highest BCUT2D eigenvalue weighted by molar-refractivity contribution is 5.90. The van der Waals surface area contributed by atoms with E-state index in [0.717, 1.165) is 15.6 Å². The summed E-state index contributed by atoms with van der Waals surface area (Å²) in [6.45, 7) is -2.60. The fraction of sp³-hybridized carbons (Fsp3) is 0.417. The van der Waals surface area contributed by atoms with E-state index in [0.29, 0.717) is 16.9 Å². The Morgan fingerprint density at radius 1 is 1.35 bits per heavy atom. The van der Waals surface area contributed by atoms with Crippen LogP contribution in [-0.4, -0.2) is 73.7 Å². The molecule has 0 spiro atoms. The molecule has 0 bridgehead atoms. The SMILES string of the molecule is [2H]C([2H])([2H])Oc1nc(N[C@H]2CCN(C(=O)C([2H])([2H])[2H])C[C@H]2F)nn2cc(F)c(-c3ccc4nc(C)n(CC(F)F)c4c3)c12. The van der Waals surface area contributed by atoms with Crippen molar-refractivity contribution >= 4 is 28.4 Å². The number of imidazole rings is 1. The molecule has 3 aromatic heterocycles. The van der Waals surface area contributed by atoms with Crippen LogP contribution in [0.15, 0.2) is 24.4 Å². The van der Waals surface area contributed by atoms with Crippen molar-refractivity contribution in [2.75, 3.05) is 25.4 Å². The summed E-state index contributed by atoms with van der Waals surface area (Å²) in [5, 5.41) is 6.86. The lowest BCUT2D eigenvalue weighted by atomic mass is 10.0. The molecular weight excluding hydrogens is 494 g/mol. The molecule has 9 nitrogen and oxygen atoms in total. The maximum absolute atomic E-state index is 15.5. The molecule has 2 atom stereocenters. The number of likely N-dealkylation sites (tertiary alicyclic amines) is 1. The number of hydrogen-bond donors (Lipinski definition) is 1. The maximum atomic E-state index is 15.5. The van der Waals surface area contributed by atoms with E-state index < -0.39 is 63.2 Å². The van der Waals surface area contributed by atoms with Crippen LogP contribution in [0.4, 0.5) is 23.5 Å². The molecule has 196 valence electrons. The number of amides is 1. The number of fused-ring (bicyclic) bond motifs is 2. The number of ether oxygens (including phenoxy) is 1. The van der Waals surface area contributed by atoms with Gasteiger partial charge in [-0.05, 0) is 31.0 Å². The largest absolute Gasteiger partial charge is 0.479 e. The van der Waals surface area contributed by atoms with Gasteiger partial charge in [0.2, 0.25) is 17.7 Å². The van der Waals surface area contributed by atoms with Crippen LogP contribution in [0.5, 0.6) is 5.88 Å². The highest BCUT2D eigenvalue weighted by Crippen LogP contribution is 2.36. The van der Waals surface area contributed by atoms with E-state index in [1.165, 1.54) is 22.8 Å². The zero-order valence-electron chi connectivity index (χ0n) is 25.4. The lowest BCUT2D eigenvalue weighted by molar-refractivity contribution is -0.131. The lowest BCUT2D eigenvalue weighted by Crippen LogP contribution is -2.49. The number of piperidine rings is 1. The third kappa shape index (κ3) is 4.53. The van der Waals surface area contributed by atoms with Crippen molar-refractivity contribution in [1.82, 2.24) is 29.0 Å². The number of nitrogens with zero attached hydrogens (tertiary/aromatic N) is 6. The molecule has 1 aliphatic heterocycles. The van der Waals surface area contributed by atoms with Gasteiger partial charge in [-0.1, -0.05) is 6.07 Å². The second-order valence-corrected chi connectivity index (χ2v) is 8.66. The molecule has 1 aromatic carbocycles. The van der Waals surface area contributed by atoms with Crippen molar-refractivity contribution in [2.45, 2.75) is 45.4 Å². The van der Waals surface area contributed by atoms with Crippen LogP contribution >= 0.6 is 0 Å². The first kappa shape index (κ1) is 18.4. The van der Waals surface area contributed by atoms with Gasteiger partial charge in [0.1, 0.15) is 17.5 Å². The number of aromatic nitrogens is 5. The minimum Gasteiger partial charge on any atom is -0.479 e. The number of methoxy groups -OCH3 is 1. The van der Waals surface area contributed by atoms with Crippen LogP contribution in [0.25, 0.3) is 27.7 Å². The fourth-order valence-corrected chi connectivity index (χ4v) is 4.61. The van der Waals surface area contributed by atoms with Crippen LogP contribution < -0.4 is 10.1 Å². The molecule has 0 radical (unpaired) electrons. The zero-order valence-corrected chi connectivity index (χ0v) is 19.4.